The first-order chi connectivity index (χ1) is 5.54. The van der Waals surface area contributed by atoms with E-state index in [1.165, 1.54) is 18.7 Å². The molecule has 0 aliphatic rings. The first-order valence-corrected chi connectivity index (χ1v) is 4.67. The second kappa shape index (κ2) is 5.88. The van der Waals surface area contributed by atoms with Gasteiger partial charge in [0.25, 0.3) is 0 Å². The molecule has 4 nitrogen and oxygen atoms in total. The van der Waals surface area contributed by atoms with E-state index < -0.39 is 11.2 Å². The van der Waals surface area contributed by atoms with E-state index in [1.807, 2.05) is 0 Å². The van der Waals surface area contributed by atoms with Gasteiger partial charge in [-0.05, 0) is 6.92 Å². The number of amides is 1. The summed E-state index contributed by atoms with van der Waals surface area (Å²) in [6.45, 7) is 3.59. The minimum atomic E-state index is -0.817. The molecule has 2 N–H and O–H groups in total. The van der Waals surface area contributed by atoms with Gasteiger partial charge in [0, 0.05) is 19.2 Å². The van der Waals surface area contributed by atoms with E-state index in [4.69, 9.17) is 5.11 Å². The fraction of sp³-hybridized carbons (Fsp3) is 0.714. The molecule has 0 aromatic heterocycles. The molecule has 0 aromatic rings. The molecule has 0 aliphatic carbocycles. The minimum Gasteiger partial charge on any atom is -0.480 e. The van der Waals surface area contributed by atoms with E-state index in [2.05, 4.69) is 5.32 Å². The van der Waals surface area contributed by atoms with Crippen LogP contribution in [0.5, 0.6) is 0 Å². The van der Waals surface area contributed by atoms with Gasteiger partial charge in [0.2, 0.25) is 5.91 Å². The van der Waals surface area contributed by atoms with Crippen LogP contribution in [0.4, 0.5) is 0 Å². The van der Waals surface area contributed by atoms with Gasteiger partial charge in [0.15, 0.2) is 0 Å². The Morgan fingerprint density at radius 2 is 2.17 bits per heavy atom. The Kier molecular flexibility index (Phi) is 5.53. The molecule has 1 unspecified atom stereocenters. The molecule has 1 atom stereocenters. The first-order valence-electron chi connectivity index (χ1n) is 3.63. The van der Waals surface area contributed by atoms with Crippen LogP contribution in [-0.4, -0.2) is 34.5 Å². The molecule has 0 aliphatic heterocycles. The molecule has 0 fully saturated rings. The summed E-state index contributed by atoms with van der Waals surface area (Å²) in [5.74, 6) is -0.269. The summed E-state index contributed by atoms with van der Waals surface area (Å²) in [4.78, 5) is 20.7. The van der Waals surface area contributed by atoms with Gasteiger partial charge in [-0.1, -0.05) is 0 Å². The lowest BCUT2D eigenvalue weighted by Gasteiger charge is -2.05. The summed E-state index contributed by atoms with van der Waals surface area (Å²) in [5, 5.41) is 10.7. The van der Waals surface area contributed by atoms with Gasteiger partial charge in [0.05, 0.1) is 5.25 Å². The van der Waals surface area contributed by atoms with E-state index >= 15 is 0 Å². The molecular formula is C7H13NO3S. The zero-order chi connectivity index (χ0) is 9.56. The SMILES string of the molecule is CC(=O)NCCSC(C)C(=O)O. The molecule has 5 heteroatoms. The normalized spacial score (nSPS) is 12.2. The average molecular weight is 191 g/mol. The Balaban J connectivity index is 3.31. The van der Waals surface area contributed by atoms with Crippen molar-refractivity contribution in [2.45, 2.75) is 19.1 Å². The van der Waals surface area contributed by atoms with Gasteiger partial charge < -0.3 is 10.4 Å². The van der Waals surface area contributed by atoms with Crippen molar-refractivity contribution in [2.24, 2.45) is 0 Å². The predicted molar refractivity (Wildman–Crippen MR) is 48.2 cm³/mol. The third-order valence-electron chi connectivity index (χ3n) is 1.19. The Hall–Kier alpha value is -0.710. The molecule has 1 amide bonds. The number of hydrogen-bond donors (Lipinski definition) is 2. The van der Waals surface area contributed by atoms with E-state index in [1.54, 1.807) is 6.92 Å². The van der Waals surface area contributed by atoms with E-state index in [9.17, 15) is 9.59 Å². The van der Waals surface area contributed by atoms with Gasteiger partial charge in [-0.15, -0.1) is 11.8 Å². The number of rotatable bonds is 5. The lowest BCUT2D eigenvalue weighted by Crippen LogP contribution is -2.24. The van der Waals surface area contributed by atoms with Crippen LogP contribution in [0.3, 0.4) is 0 Å². The van der Waals surface area contributed by atoms with E-state index in [0.29, 0.717) is 12.3 Å². The molecular weight excluding hydrogens is 178 g/mol. The fourth-order valence-corrected chi connectivity index (χ4v) is 1.25. The molecule has 0 radical (unpaired) electrons. The summed E-state index contributed by atoms with van der Waals surface area (Å²) in [6.07, 6.45) is 0. The largest absolute Gasteiger partial charge is 0.480 e. The maximum absolute atomic E-state index is 10.4. The number of carboxylic acid groups (broad SMARTS) is 1. The summed E-state index contributed by atoms with van der Waals surface area (Å²) in [6, 6.07) is 0. The van der Waals surface area contributed by atoms with E-state index in [0.717, 1.165) is 0 Å². The van der Waals surface area contributed by atoms with Crippen molar-refractivity contribution in [2.75, 3.05) is 12.3 Å². The number of carbonyl (C=O) groups excluding carboxylic acids is 1. The summed E-state index contributed by atoms with van der Waals surface area (Å²) < 4.78 is 0. The third-order valence-corrected chi connectivity index (χ3v) is 2.33. The zero-order valence-corrected chi connectivity index (χ0v) is 7.98. The Morgan fingerprint density at radius 3 is 2.58 bits per heavy atom. The number of hydrogen-bond acceptors (Lipinski definition) is 3. The number of nitrogens with one attached hydrogen (secondary N) is 1. The molecule has 12 heavy (non-hydrogen) atoms. The standard InChI is InChI=1S/C7H13NO3S/c1-5(7(10)11)12-4-3-8-6(2)9/h5H,3-4H2,1-2H3,(H,8,9)(H,10,11). The second-order valence-electron chi connectivity index (χ2n) is 2.33. The number of carboxylic acids is 1. The molecule has 0 bridgehead atoms. The van der Waals surface area contributed by atoms with Crippen molar-refractivity contribution >= 4 is 23.6 Å². The first kappa shape index (κ1) is 11.3. The third kappa shape index (κ3) is 6.03. The molecule has 0 spiro atoms. The lowest BCUT2D eigenvalue weighted by atomic mass is 10.5. The van der Waals surface area contributed by atoms with Crippen LogP contribution < -0.4 is 5.32 Å². The smallest absolute Gasteiger partial charge is 0.316 e. The van der Waals surface area contributed by atoms with Crippen LogP contribution in [0.25, 0.3) is 0 Å². The van der Waals surface area contributed by atoms with Crippen molar-refractivity contribution in [3.8, 4) is 0 Å². The van der Waals surface area contributed by atoms with Gasteiger partial charge in [-0.2, -0.15) is 0 Å². The lowest BCUT2D eigenvalue weighted by molar-refractivity contribution is -0.136. The summed E-state index contributed by atoms with van der Waals surface area (Å²) >= 11 is 1.31. The zero-order valence-electron chi connectivity index (χ0n) is 7.16. The van der Waals surface area contributed by atoms with Gasteiger partial charge in [0.1, 0.15) is 0 Å². The highest BCUT2D eigenvalue weighted by molar-refractivity contribution is 8.00. The van der Waals surface area contributed by atoms with Crippen LogP contribution in [0, 0.1) is 0 Å². The maximum Gasteiger partial charge on any atom is 0.316 e. The van der Waals surface area contributed by atoms with Gasteiger partial charge >= 0.3 is 5.97 Å². The van der Waals surface area contributed by atoms with Crippen molar-refractivity contribution < 1.29 is 14.7 Å². The number of carbonyl (C=O) groups is 2. The molecule has 0 aromatic carbocycles. The number of thioether (sulfide) groups is 1. The minimum absolute atomic E-state index is 0.0846. The Bertz CT molecular complexity index is 172. The summed E-state index contributed by atoms with van der Waals surface area (Å²) in [5.41, 5.74) is 0. The van der Waals surface area contributed by atoms with Crippen molar-refractivity contribution in [3.05, 3.63) is 0 Å². The Morgan fingerprint density at radius 1 is 1.58 bits per heavy atom. The number of aliphatic carboxylic acids is 1. The van der Waals surface area contributed by atoms with Crippen LogP contribution in [0.2, 0.25) is 0 Å². The molecule has 0 rings (SSSR count). The van der Waals surface area contributed by atoms with Crippen molar-refractivity contribution in [1.29, 1.82) is 0 Å². The fourth-order valence-electron chi connectivity index (χ4n) is 0.534. The summed E-state index contributed by atoms with van der Waals surface area (Å²) in [7, 11) is 0. The second-order valence-corrected chi connectivity index (χ2v) is 3.78. The van der Waals surface area contributed by atoms with Crippen molar-refractivity contribution in [3.63, 3.8) is 0 Å². The predicted octanol–water partition coefficient (Wildman–Crippen LogP) is 0.329. The van der Waals surface area contributed by atoms with Crippen LogP contribution in [0.15, 0.2) is 0 Å². The highest BCUT2D eigenvalue weighted by Crippen LogP contribution is 2.08. The van der Waals surface area contributed by atoms with Crippen LogP contribution >= 0.6 is 11.8 Å². The molecule has 0 heterocycles. The molecule has 70 valence electrons. The van der Waals surface area contributed by atoms with Crippen molar-refractivity contribution in [1.82, 2.24) is 5.32 Å². The highest BCUT2D eigenvalue weighted by Gasteiger charge is 2.09. The molecule has 0 saturated heterocycles. The topological polar surface area (TPSA) is 66.4 Å². The van der Waals surface area contributed by atoms with Gasteiger partial charge in [-0.3, -0.25) is 9.59 Å². The maximum atomic E-state index is 10.4. The van der Waals surface area contributed by atoms with Crippen LogP contribution in [0.1, 0.15) is 13.8 Å². The highest BCUT2D eigenvalue weighted by atomic mass is 32.2. The monoisotopic (exact) mass is 191 g/mol. The van der Waals surface area contributed by atoms with Gasteiger partial charge in [-0.25, -0.2) is 0 Å². The van der Waals surface area contributed by atoms with E-state index in [-0.39, 0.29) is 5.91 Å². The quantitative estimate of drug-likeness (QED) is 0.614. The molecule has 0 saturated carbocycles. The average Bonchev–Trinajstić information content (AvgIpc) is 1.97. The Labute approximate surface area is 75.7 Å². The van der Waals surface area contributed by atoms with Crippen LogP contribution in [-0.2, 0) is 9.59 Å².